The first-order valence-electron chi connectivity index (χ1n) is 7.72. The van der Waals surface area contributed by atoms with Crippen LogP contribution in [0.5, 0.6) is 0 Å². The zero-order valence-electron chi connectivity index (χ0n) is 14.5. The van der Waals surface area contributed by atoms with E-state index in [0.29, 0.717) is 11.1 Å². The molecular formula is C17H20FN3O4. The number of aliphatic carboxylic acids is 1. The fraction of sp³-hybridized carbons (Fsp3) is 0.412. The van der Waals surface area contributed by atoms with Crippen LogP contribution >= 0.6 is 0 Å². The molecule has 8 heteroatoms. The molecule has 0 fully saturated rings. The molecule has 0 aliphatic carbocycles. The summed E-state index contributed by atoms with van der Waals surface area (Å²) in [7, 11) is 1.44. The Labute approximate surface area is 144 Å². The number of carbonyl (C=O) groups excluding carboxylic acids is 1. The maximum atomic E-state index is 13.6. The molecule has 0 bridgehead atoms. The molecule has 7 nitrogen and oxygen atoms in total. The normalized spacial score (nSPS) is 11.4. The second-order valence-electron chi connectivity index (χ2n) is 6.29. The van der Waals surface area contributed by atoms with Crippen LogP contribution in [-0.4, -0.2) is 44.6 Å². The predicted molar refractivity (Wildman–Crippen MR) is 87.2 cm³/mol. The number of halogens is 1. The Morgan fingerprint density at radius 2 is 2.04 bits per heavy atom. The number of carbonyl (C=O) groups is 2. The maximum Gasteiger partial charge on any atom is 0.329 e. The summed E-state index contributed by atoms with van der Waals surface area (Å²) in [5.41, 5.74) is -0.313. The average Bonchev–Trinajstić information content (AvgIpc) is 3.03. The van der Waals surface area contributed by atoms with Crippen LogP contribution in [0.4, 0.5) is 4.39 Å². The van der Waals surface area contributed by atoms with Crippen LogP contribution in [0.2, 0.25) is 0 Å². The monoisotopic (exact) mass is 349 g/mol. The number of nitrogens with zero attached hydrogens (tertiary/aromatic N) is 3. The minimum Gasteiger partial charge on any atom is -0.480 e. The van der Waals surface area contributed by atoms with Gasteiger partial charge in [-0.3, -0.25) is 4.79 Å². The van der Waals surface area contributed by atoms with Gasteiger partial charge in [-0.15, -0.1) is 0 Å². The van der Waals surface area contributed by atoms with Gasteiger partial charge in [0.05, 0.1) is 0 Å². The lowest BCUT2D eigenvalue weighted by Gasteiger charge is -2.31. The molecule has 0 unspecified atom stereocenters. The SMILES string of the molecule is Cc1ccc(-c2noc(CCC(=O)N(C)C(C)(C)C(=O)O)n2)cc1F. The fourth-order valence-electron chi connectivity index (χ4n) is 2.04. The van der Waals surface area contributed by atoms with Gasteiger partial charge in [0, 0.05) is 25.5 Å². The van der Waals surface area contributed by atoms with E-state index in [1.165, 1.54) is 31.9 Å². The molecule has 134 valence electrons. The van der Waals surface area contributed by atoms with Crippen molar-refractivity contribution in [2.45, 2.75) is 39.2 Å². The number of carboxylic acid groups (broad SMARTS) is 1. The van der Waals surface area contributed by atoms with Gasteiger partial charge in [0.25, 0.3) is 0 Å². The molecule has 0 aliphatic rings. The van der Waals surface area contributed by atoms with E-state index in [0.717, 1.165) is 0 Å². The van der Waals surface area contributed by atoms with Crippen LogP contribution in [0.1, 0.15) is 31.7 Å². The van der Waals surface area contributed by atoms with Gasteiger partial charge in [0.2, 0.25) is 17.6 Å². The zero-order chi connectivity index (χ0) is 18.8. The van der Waals surface area contributed by atoms with Gasteiger partial charge in [-0.25, -0.2) is 9.18 Å². The lowest BCUT2D eigenvalue weighted by molar-refractivity contribution is -0.155. The lowest BCUT2D eigenvalue weighted by Crippen LogP contribution is -2.50. The molecule has 25 heavy (non-hydrogen) atoms. The standard InChI is InChI=1S/C17H20FN3O4/c1-10-5-6-11(9-12(10)18)15-19-13(25-20-15)7-8-14(22)21(4)17(2,3)16(23)24/h5-6,9H,7-8H2,1-4H3,(H,23,24). The van der Waals surface area contributed by atoms with Crippen molar-refractivity contribution in [3.8, 4) is 11.4 Å². The Morgan fingerprint density at radius 1 is 1.36 bits per heavy atom. The van der Waals surface area contributed by atoms with E-state index in [1.807, 2.05) is 0 Å². The van der Waals surface area contributed by atoms with E-state index in [1.54, 1.807) is 19.1 Å². The van der Waals surface area contributed by atoms with Crippen molar-refractivity contribution in [1.82, 2.24) is 15.0 Å². The van der Waals surface area contributed by atoms with Crippen molar-refractivity contribution in [1.29, 1.82) is 0 Å². The number of amides is 1. The first-order valence-corrected chi connectivity index (χ1v) is 7.72. The molecule has 0 atom stereocenters. The molecule has 0 radical (unpaired) electrons. The first-order chi connectivity index (χ1) is 11.6. The highest BCUT2D eigenvalue weighted by molar-refractivity contribution is 5.86. The molecule has 0 saturated heterocycles. The van der Waals surface area contributed by atoms with E-state index in [4.69, 9.17) is 9.63 Å². The summed E-state index contributed by atoms with van der Waals surface area (Å²) >= 11 is 0. The van der Waals surface area contributed by atoms with E-state index in [2.05, 4.69) is 10.1 Å². The molecule has 1 aromatic carbocycles. The Kier molecular flexibility index (Phi) is 5.20. The highest BCUT2D eigenvalue weighted by atomic mass is 19.1. The first kappa shape index (κ1) is 18.6. The molecule has 1 N–H and O–H groups in total. The van der Waals surface area contributed by atoms with Crippen molar-refractivity contribution < 1.29 is 23.6 Å². The summed E-state index contributed by atoms with van der Waals surface area (Å²) in [5, 5.41) is 12.9. The van der Waals surface area contributed by atoms with Gasteiger partial charge >= 0.3 is 5.97 Å². The van der Waals surface area contributed by atoms with Gasteiger partial charge in [0.15, 0.2) is 0 Å². The van der Waals surface area contributed by atoms with Gasteiger partial charge in [0.1, 0.15) is 11.4 Å². The number of carboxylic acids is 1. The van der Waals surface area contributed by atoms with E-state index >= 15 is 0 Å². The van der Waals surface area contributed by atoms with Crippen molar-refractivity contribution in [3.05, 3.63) is 35.5 Å². The third kappa shape index (κ3) is 4.01. The summed E-state index contributed by atoms with van der Waals surface area (Å²) in [6.07, 6.45) is 0.192. The second-order valence-corrected chi connectivity index (χ2v) is 6.29. The van der Waals surface area contributed by atoms with Crippen molar-refractivity contribution in [2.24, 2.45) is 0 Å². The third-order valence-electron chi connectivity index (χ3n) is 4.19. The minimum atomic E-state index is -1.31. The van der Waals surface area contributed by atoms with Gasteiger partial charge in [-0.1, -0.05) is 17.3 Å². The summed E-state index contributed by atoms with van der Waals surface area (Å²) in [5.74, 6) is -1.35. The zero-order valence-corrected chi connectivity index (χ0v) is 14.5. The number of hydrogen-bond donors (Lipinski definition) is 1. The number of aromatic nitrogens is 2. The topological polar surface area (TPSA) is 96.5 Å². The number of likely N-dealkylation sites (N-methyl/N-ethyl adjacent to an activating group) is 1. The van der Waals surface area contributed by atoms with Crippen LogP contribution in [0, 0.1) is 12.7 Å². The minimum absolute atomic E-state index is 0.0249. The highest BCUT2D eigenvalue weighted by Crippen LogP contribution is 2.20. The summed E-state index contributed by atoms with van der Waals surface area (Å²) in [6, 6.07) is 4.62. The molecule has 1 amide bonds. The van der Waals surface area contributed by atoms with Gasteiger partial charge in [-0.2, -0.15) is 4.98 Å². The molecule has 2 aromatic rings. The van der Waals surface area contributed by atoms with Crippen molar-refractivity contribution >= 4 is 11.9 Å². The Hall–Kier alpha value is -2.77. The van der Waals surface area contributed by atoms with Crippen molar-refractivity contribution in [2.75, 3.05) is 7.05 Å². The number of rotatable bonds is 6. The molecule has 1 aromatic heterocycles. The van der Waals surface area contributed by atoms with Crippen LogP contribution in [-0.2, 0) is 16.0 Å². The molecule has 0 aliphatic heterocycles. The van der Waals surface area contributed by atoms with Crippen LogP contribution in [0.3, 0.4) is 0 Å². The fourth-order valence-corrected chi connectivity index (χ4v) is 2.04. The summed E-state index contributed by atoms with van der Waals surface area (Å²) in [6.45, 7) is 4.55. The number of aryl methyl sites for hydroxylation is 2. The summed E-state index contributed by atoms with van der Waals surface area (Å²) in [4.78, 5) is 28.7. The molecule has 2 rings (SSSR count). The predicted octanol–water partition coefficient (Wildman–Crippen LogP) is 2.44. The van der Waals surface area contributed by atoms with Crippen LogP contribution < -0.4 is 0 Å². The van der Waals surface area contributed by atoms with E-state index < -0.39 is 11.5 Å². The van der Waals surface area contributed by atoms with E-state index in [-0.39, 0.29) is 36.3 Å². The number of hydrogen-bond acceptors (Lipinski definition) is 5. The maximum absolute atomic E-state index is 13.6. The van der Waals surface area contributed by atoms with E-state index in [9.17, 15) is 14.0 Å². The largest absolute Gasteiger partial charge is 0.480 e. The third-order valence-corrected chi connectivity index (χ3v) is 4.19. The Bertz CT molecular complexity index is 801. The Morgan fingerprint density at radius 3 is 2.64 bits per heavy atom. The molecule has 1 heterocycles. The van der Waals surface area contributed by atoms with Gasteiger partial charge in [-0.05, 0) is 32.4 Å². The van der Waals surface area contributed by atoms with Crippen LogP contribution in [0.25, 0.3) is 11.4 Å². The summed E-state index contributed by atoms with van der Waals surface area (Å²) < 4.78 is 18.7. The van der Waals surface area contributed by atoms with Gasteiger partial charge < -0.3 is 14.5 Å². The van der Waals surface area contributed by atoms with Crippen molar-refractivity contribution in [3.63, 3.8) is 0 Å². The molecule has 0 spiro atoms. The quantitative estimate of drug-likeness (QED) is 0.860. The smallest absolute Gasteiger partial charge is 0.329 e. The Balaban J connectivity index is 2.03. The average molecular weight is 349 g/mol. The number of benzene rings is 1. The molecular weight excluding hydrogens is 329 g/mol. The lowest BCUT2D eigenvalue weighted by atomic mass is 10.0. The second kappa shape index (κ2) is 7.00. The van der Waals surface area contributed by atoms with Crippen LogP contribution in [0.15, 0.2) is 22.7 Å². The molecule has 0 saturated carbocycles. The highest BCUT2D eigenvalue weighted by Gasteiger charge is 2.34.